The average molecular weight is 1200 g/mol. The Hall–Kier alpha value is -6.43. The molecule has 2 atom stereocenters. The summed E-state index contributed by atoms with van der Waals surface area (Å²) in [5, 5.41) is 23.4. The SMILES string of the molecule is C=CC(=O)OCCC(=O)OCCCCCCOc1ccc(OOCC2CCC(C(OO)c3ccc(OOCC4CCC(C(OO)c5ccc(OCCCCCCOC(=O)CCOC(=O)C=C)cc5)CC4)c4nc(-c5cccs5)sc34)CC2)cc1. The maximum Gasteiger partial charge on any atom is 0.330 e. The first-order chi connectivity index (χ1) is 41.1. The molecule has 21 heteroatoms. The summed E-state index contributed by atoms with van der Waals surface area (Å²) >= 11 is 3.15. The van der Waals surface area contributed by atoms with E-state index in [0.29, 0.717) is 56.7 Å². The second kappa shape index (κ2) is 36.4. The summed E-state index contributed by atoms with van der Waals surface area (Å²) in [7, 11) is 0. The molecule has 7 rings (SSSR count). The second-order valence-corrected chi connectivity index (χ2v) is 22.9. The molecule has 0 spiro atoms. The first-order valence-electron chi connectivity index (χ1n) is 29.2. The third kappa shape index (κ3) is 21.6. The van der Waals surface area contributed by atoms with Crippen LogP contribution in [0.2, 0.25) is 0 Å². The van der Waals surface area contributed by atoms with Crippen molar-refractivity contribution in [3.8, 4) is 32.9 Å². The maximum absolute atomic E-state index is 11.8. The van der Waals surface area contributed by atoms with E-state index in [2.05, 4.69) is 13.2 Å². The van der Waals surface area contributed by atoms with E-state index in [9.17, 15) is 29.7 Å². The molecule has 0 saturated heterocycles. The Kier molecular flexibility index (Phi) is 28.2. The molecular formula is C63H79NO18S2. The first kappa shape index (κ1) is 65.1. The van der Waals surface area contributed by atoms with Crippen molar-refractivity contribution in [2.24, 2.45) is 23.7 Å². The van der Waals surface area contributed by atoms with Crippen molar-refractivity contribution in [2.45, 2.75) is 128 Å². The van der Waals surface area contributed by atoms with Crippen LogP contribution in [0, 0.1) is 23.7 Å². The van der Waals surface area contributed by atoms with Crippen LogP contribution < -0.4 is 19.2 Å². The summed E-state index contributed by atoms with van der Waals surface area (Å²) in [4.78, 5) is 85.4. The highest BCUT2D eigenvalue weighted by atomic mass is 32.1. The Morgan fingerprint density at radius 1 is 0.560 bits per heavy atom. The van der Waals surface area contributed by atoms with E-state index in [-0.39, 0.29) is 49.7 Å². The summed E-state index contributed by atoms with van der Waals surface area (Å²) in [5.41, 5.74) is 2.38. The van der Waals surface area contributed by atoms with Gasteiger partial charge in [0.15, 0.2) is 11.5 Å². The van der Waals surface area contributed by atoms with Gasteiger partial charge in [0.1, 0.15) is 47.4 Å². The Balaban J connectivity index is 0.782. The van der Waals surface area contributed by atoms with Gasteiger partial charge in [0, 0.05) is 17.7 Å². The average Bonchev–Trinajstić information content (AvgIpc) is 4.16. The predicted octanol–water partition coefficient (Wildman–Crippen LogP) is 13.9. The van der Waals surface area contributed by atoms with Crippen LogP contribution in [-0.2, 0) is 57.7 Å². The van der Waals surface area contributed by atoms with Gasteiger partial charge in [-0.3, -0.25) is 20.1 Å². The van der Waals surface area contributed by atoms with E-state index in [4.69, 9.17) is 62.7 Å². The standard InChI is InChI=1S/C63H79NO18S2/c1-3-55(65)75-39-33-57(67)73-37-11-7-5-9-35-71-49-25-23-47(24-26-49)60(79-69)46-19-15-45(16-20-46)43-78-82-53-32-31-52(62-59(53)64-63(84-62)54-14-13-41-83-54)61(80-70)48-21-17-44(18-22-48)42-77-81-51-29-27-50(28-30-51)72-36-10-6-8-12-38-74-58(68)34-40-76-56(66)4-2/h3-4,13-14,23-32,41,44-46,48,60-61,69-70H,1-2,5-12,15-22,33-40,42-43H2. The fourth-order valence-electron chi connectivity index (χ4n) is 10.3. The van der Waals surface area contributed by atoms with Gasteiger partial charge in [0.05, 0.1) is 62.1 Å². The number of ether oxygens (including phenoxy) is 6. The molecule has 2 aromatic heterocycles. The van der Waals surface area contributed by atoms with Crippen LogP contribution in [0.5, 0.6) is 23.0 Å². The van der Waals surface area contributed by atoms with Crippen LogP contribution >= 0.6 is 22.7 Å². The van der Waals surface area contributed by atoms with Crippen LogP contribution in [0.3, 0.4) is 0 Å². The lowest BCUT2D eigenvalue weighted by Crippen LogP contribution is -2.25. The summed E-state index contributed by atoms with van der Waals surface area (Å²) in [6.45, 7) is 9.14. The number of thiophene rings is 1. The van der Waals surface area contributed by atoms with E-state index in [1.54, 1.807) is 22.7 Å². The van der Waals surface area contributed by atoms with Crippen molar-refractivity contribution in [1.82, 2.24) is 4.98 Å². The van der Waals surface area contributed by atoms with Gasteiger partial charge >= 0.3 is 23.9 Å². The minimum atomic E-state index is -0.576. The number of benzene rings is 3. The zero-order chi connectivity index (χ0) is 59.1. The van der Waals surface area contributed by atoms with E-state index in [1.807, 2.05) is 78.2 Å². The van der Waals surface area contributed by atoms with Gasteiger partial charge in [-0.05, 0) is 186 Å². The van der Waals surface area contributed by atoms with Gasteiger partial charge in [0.25, 0.3) is 0 Å². The summed E-state index contributed by atoms with van der Waals surface area (Å²) in [6, 6.07) is 22.8. The largest absolute Gasteiger partial charge is 0.494 e. The number of fused-ring (bicyclic) bond motifs is 1. The Bertz CT molecular complexity index is 2750. The van der Waals surface area contributed by atoms with Crippen molar-refractivity contribution in [3.05, 3.63) is 115 Å². The Morgan fingerprint density at radius 3 is 1.57 bits per heavy atom. The Labute approximate surface area is 498 Å². The van der Waals surface area contributed by atoms with Gasteiger partial charge in [0.2, 0.25) is 0 Å². The van der Waals surface area contributed by atoms with Crippen LogP contribution in [0.1, 0.15) is 139 Å². The highest BCUT2D eigenvalue weighted by Crippen LogP contribution is 2.46. The molecule has 5 aromatic rings. The number of aromatic nitrogens is 1. The molecule has 2 aliphatic carbocycles. The van der Waals surface area contributed by atoms with E-state index < -0.39 is 36.1 Å². The fourth-order valence-corrected chi connectivity index (χ4v) is 12.2. The van der Waals surface area contributed by atoms with E-state index in [0.717, 1.165) is 152 Å². The third-order valence-electron chi connectivity index (χ3n) is 15.0. The number of esters is 4. The predicted molar refractivity (Wildman–Crippen MR) is 314 cm³/mol. The van der Waals surface area contributed by atoms with E-state index in [1.165, 1.54) is 0 Å². The molecule has 0 bridgehead atoms. The molecule has 456 valence electrons. The van der Waals surface area contributed by atoms with Crippen LogP contribution in [0.15, 0.2) is 103 Å². The van der Waals surface area contributed by atoms with Crippen molar-refractivity contribution in [1.29, 1.82) is 0 Å². The fraction of sp³-hybridized carbons (Fsp3) is 0.508. The zero-order valence-electron chi connectivity index (χ0n) is 47.6. The van der Waals surface area contributed by atoms with Crippen LogP contribution in [0.4, 0.5) is 0 Å². The molecule has 2 unspecified atom stereocenters. The van der Waals surface area contributed by atoms with Crippen LogP contribution in [0.25, 0.3) is 20.1 Å². The van der Waals surface area contributed by atoms with Crippen molar-refractivity contribution in [2.75, 3.05) is 52.9 Å². The second-order valence-electron chi connectivity index (χ2n) is 20.9. The molecule has 2 aliphatic rings. The normalized spacial score (nSPS) is 17.5. The van der Waals surface area contributed by atoms with Gasteiger partial charge in [-0.25, -0.2) is 24.3 Å². The summed E-state index contributed by atoms with van der Waals surface area (Å²) in [5.74, 6) is 1.30. The van der Waals surface area contributed by atoms with Gasteiger partial charge in [-0.2, -0.15) is 9.78 Å². The number of hydrogen-bond acceptors (Lipinski definition) is 21. The van der Waals surface area contributed by atoms with Crippen molar-refractivity contribution in [3.63, 3.8) is 0 Å². The first-order valence-corrected chi connectivity index (χ1v) is 30.9. The smallest absolute Gasteiger partial charge is 0.330 e. The molecule has 0 aliphatic heterocycles. The zero-order valence-corrected chi connectivity index (χ0v) is 49.2. The summed E-state index contributed by atoms with van der Waals surface area (Å²) < 4.78 is 32.6. The minimum Gasteiger partial charge on any atom is -0.494 e. The lowest BCUT2D eigenvalue weighted by atomic mass is 9.78. The molecule has 19 nitrogen and oxygen atoms in total. The molecule has 0 amide bonds. The minimum absolute atomic E-state index is 0.0161. The molecule has 0 radical (unpaired) electrons. The van der Waals surface area contributed by atoms with Gasteiger partial charge < -0.3 is 38.2 Å². The molecule has 2 saturated carbocycles. The lowest BCUT2D eigenvalue weighted by Gasteiger charge is -2.32. The quantitative estimate of drug-likeness (QED) is 0.00929. The molecule has 84 heavy (non-hydrogen) atoms. The van der Waals surface area contributed by atoms with Gasteiger partial charge in [-0.15, -0.1) is 22.7 Å². The molecular weight excluding hydrogens is 1120 g/mol. The number of nitrogens with zero attached hydrogens (tertiary/aromatic N) is 1. The molecule has 2 fully saturated rings. The maximum atomic E-state index is 11.8. The number of hydrogen-bond donors (Lipinski definition) is 2. The summed E-state index contributed by atoms with van der Waals surface area (Å²) in [6.07, 6.45) is 14.7. The number of thiazole rings is 1. The number of carbonyl (C=O) groups is 4. The topological polar surface area (TPSA) is 232 Å². The van der Waals surface area contributed by atoms with Gasteiger partial charge in [-0.1, -0.05) is 37.4 Å². The number of unbranched alkanes of at least 4 members (excludes halogenated alkanes) is 6. The van der Waals surface area contributed by atoms with Crippen molar-refractivity contribution < 1.29 is 87.4 Å². The van der Waals surface area contributed by atoms with E-state index >= 15 is 0 Å². The monoisotopic (exact) mass is 1200 g/mol. The molecule has 2 N–H and O–H groups in total. The van der Waals surface area contributed by atoms with Crippen LogP contribution in [-0.4, -0.2) is 92.2 Å². The molecule has 3 aromatic carbocycles. The number of rotatable bonds is 39. The number of carbonyl (C=O) groups excluding carboxylic acids is 4. The third-order valence-corrected chi connectivity index (χ3v) is 17.1. The highest BCUT2D eigenvalue weighted by Gasteiger charge is 2.34. The highest BCUT2D eigenvalue weighted by molar-refractivity contribution is 7.25. The molecule has 2 heterocycles. The Morgan fingerprint density at radius 2 is 1.06 bits per heavy atom. The van der Waals surface area contributed by atoms with Crippen molar-refractivity contribution >= 4 is 56.8 Å². The lowest BCUT2D eigenvalue weighted by molar-refractivity contribution is -0.296.